The van der Waals surface area contributed by atoms with Gasteiger partial charge in [0.05, 0.1) is 22.6 Å². The Hall–Kier alpha value is -3.22. The number of hydrogen-bond acceptors (Lipinski definition) is 4. The Morgan fingerprint density at radius 2 is 2.08 bits per heavy atom. The number of aromatic nitrogens is 2. The fourth-order valence-electron chi connectivity index (χ4n) is 2.98. The summed E-state index contributed by atoms with van der Waals surface area (Å²) in [4.78, 5) is 21.8. The number of amides is 1. The standard InChI is InChI=1S/C19H19FN4O2/c1-24(2)18-13-11-12(20)6-7-14(13)23-16(8-10-22-19(25)26)17(18)15-5-3-4-9-21-15/h3-7,9,11,22H,8,10H2,1-2H3,(H,25,26). The maximum absolute atomic E-state index is 13.9. The van der Waals surface area contributed by atoms with Gasteiger partial charge in [-0.05, 0) is 30.3 Å². The maximum Gasteiger partial charge on any atom is 0.404 e. The molecule has 0 atom stereocenters. The summed E-state index contributed by atoms with van der Waals surface area (Å²) in [5.74, 6) is -0.338. The highest BCUT2D eigenvalue weighted by atomic mass is 19.1. The summed E-state index contributed by atoms with van der Waals surface area (Å²) in [6, 6.07) is 10.0. The van der Waals surface area contributed by atoms with Gasteiger partial charge >= 0.3 is 6.09 Å². The summed E-state index contributed by atoms with van der Waals surface area (Å²) in [7, 11) is 3.76. The van der Waals surface area contributed by atoms with Crippen LogP contribution in [0.2, 0.25) is 0 Å². The average molecular weight is 354 g/mol. The predicted molar refractivity (Wildman–Crippen MR) is 99.0 cm³/mol. The molecule has 7 heteroatoms. The van der Waals surface area contributed by atoms with Crippen molar-refractivity contribution in [1.82, 2.24) is 15.3 Å². The van der Waals surface area contributed by atoms with E-state index in [1.807, 2.05) is 37.2 Å². The van der Waals surface area contributed by atoms with Gasteiger partial charge in [0.1, 0.15) is 5.82 Å². The molecule has 0 bridgehead atoms. The van der Waals surface area contributed by atoms with E-state index >= 15 is 0 Å². The Balaban J connectivity index is 2.26. The van der Waals surface area contributed by atoms with Gasteiger partial charge in [-0.25, -0.2) is 9.18 Å². The van der Waals surface area contributed by atoms with E-state index in [0.717, 1.165) is 11.3 Å². The summed E-state index contributed by atoms with van der Waals surface area (Å²) in [5.41, 5.74) is 3.65. The van der Waals surface area contributed by atoms with Crippen LogP contribution in [0, 0.1) is 5.82 Å². The third-order valence-electron chi connectivity index (χ3n) is 4.00. The fraction of sp³-hybridized carbons (Fsp3) is 0.211. The topological polar surface area (TPSA) is 78.4 Å². The Morgan fingerprint density at radius 1 is 1.27 bits per heavy atom. The first-order chi connectivity index (χ1) is 12.5. The largest absolute Gasteiger partial charge is 0.465 e. The van der Waals surface area contributed by atoms with Crippen LogP contribution in [-0.2, 0) is 6.42 Å². The lowest BCUT2D eigenvalue weighted by Gasteiger charge is -2.22. The molecule has 0 unspecified atom stereocenters. The second kappa shape index (κ2) is 7.35. The van der Waals surface area contributed by atoms with Crippen LogP contribution in [0.5, 0.6) is 0 Å². The Kier molecular flexibility index (Phi) is 4.97. The van der Waals surface area contributed by atoms with Crippen LogP contribution >= 0.6 is 0 Å². The summed E-state index contributed by atoms with van der Waals surface area (Å²) in [5, 5.41) is 11.9. The van der Waals surface area contributed by atoms with E-state index in [9.17, 15) is 9.18 Å². The van der Waals surface area contributed by atoms with Crippen molar-refractivity contribution in [2.45, 2.75) is 6.42 Å². The van der Waals surface area contributed by atoms with E-state index in [4.69, 9.17) is 5.11 Å². The quantitative estimate of drug-likeness (QED) is 0.735. The van der Waals surface area contributed by atoms with Crippen molar-refractivity contribution in [3.63, 3.8) is 0 Å². The molecule has 2 heterocycles. The molecule has 6 nitrogen and oxygen atoms in total. The van der Waals surface area contributed by atoms with E-state index in [1.165, 1.54) is 12.1 Å². The first-order valence-corrected chi connectivity index (χ1v) is 8.15. The van der Waals surface area contributed by atoms with Crippen molar-refractivity contribution >= 4 is 22.7 Å². The van der Waals surface area contributed by atoms with E-state index < -0.39 is 6.09 Å². The highest BCUT2D eigenvalue weighted by Gasteiger charge is 2.19. The number of carbonyl (C=O) groups is 1. The summed E-state index contributed by atoms with van der Waals surface area (Å²) in [6.07, 6.45) is 0.996. The van der Waals surface area contributed by atoms with Crippen molar-refractivity contribution in [2.24, 2.45) is 0 Å². The third-order valence-corrected chi connectivity index (χ3v) is 4.00. The summed E-state index contributed by atoms with van der Waals surface area (Å²) >= 11 is 0. The number of benzene rings is 1. The molecule has 3 rings (SSSR count). The van der Waals surface area contributed by atoms with Crippen LogP contribution in [-0.4, -0.2) is 41.8 Å². The van der Waals surface area contributed by atoms with Gasteiger partial charge in [-0.3, -0.25) is 9.97 Å². The number of rotatable bonds is 5. The second-order valence-electron chi connectivity index (χ2n) is 6.03. The molecule has 1 aromatic carbocycles. The molecule has 0 fully saturated rings. The monoisotopic (exact) mass is 354 g/mol. The van der Waals surface area contributed by atoms with Gasteiger partial charge in [-0.15, -0.1) is 0 Å². The molecule has 3 aromatic rings. The molecule has 134 valence electrons. The normalized spacial score (nSPS) is 10.7. The third kappa shape index (κ3) is 3.56. The van der Waals surface area contributed by atoms with Crippen molar-refractivity contribution in [3.8, 4) is 11.3 Å². The molecule has 0 aliphatic heterocycles. The molecule has 0 saturated carbocycles. The van der Waals surface area contributed by atoms with E-state index in [2.05, 4.69) is 15.3 Å². The van der Waals surface area contributed by atoms with Crippen molar-refractivity contribution in [2.75, 3.05) is 25.5 Å². The molecule has 0 saturated heterocycles. The van der Waals surface area contributed by atoms with Crippen molar-refractivity contribution < 1.29 is 14.3 Å². The number of nitrogens with zero attached hydrogens (tertiary/aromatic N) is 3. The first kappa shape index (κ1) is 17.6. The van der Waals surface area contributed by atoms with Crippen LogP contribution in [0.15, 0.2) is 42.6 Å². The van der Waals surface area contributed by atoms with Crippen LogP contribution in [0.3, 0.4) is 0 Å². The van der Waals surface area contributed by atoms with E-state index in [1.54, 1.807) is 12.3 Å². The minimum atomic E-state index is -1.08. The lowest BCUT2D eigenvalue weighted by molar-refractivity contribution is 0.194. The van der Waals surface area contributed by atoms with Gasteiger partial charge in [0.2, 0.25) is 0 Å². The Bertz CT molecular complexity index is 945. The molecule has 0 spiro atoms. The zero-order chi connectivity index (χ0) is 18.7. The molecule has 26 heavy (non-hydrogen) atoms. The van der Waals surface area contributed by atoms with Gasteiger partial charge in [0, 0.05) is 44.2 Å². The Morgan fingerprint density at radius 3 is 2.73 bits per heavy atom. The molecule has 1 amide bonds. The van der Waals surface area contributed by atoms with Gasteiger partial charge in [0.15, 0.2) is 0 Å². The van der Waals surface area contributed by atoms with Crippen molar-refractivity contribution in [3.05, 3.63) is 54.1 Å². The maximum atomic E-state index is 13.9. The highest BCUT2D eigenvalue weighted by Crippen LogP contribution is 2.37. The number of anilines is 1. The zero-order valence-corrected chi connectivity index (χ0v) is 14.5. The van der Waals surface area contributed by atoms with Gasteiger partial charge in [-0.1, -0.05) is 6.07 Å². The molecule has 2 aromatic heterocycles. The number of pyridine rings is 2. The van der Waals surface area contributed by atoms with Gasteiger partial charge < -0.3 is 15.3 Å². The number of fused-ring (bicyclic) bond motifs is 1. The van der Waals surface area contributed by atoms with E-state index in [0.29, 0.717) is 28.7 Å². The molecular formula is C19H19FN4O2. The molecular weight excluding hydrogens is 335 g/mol. The van der Waals surface area contributed by atoms with Gasteiger partial charge in [-0.2, -0.15) is 0 Å². The molecule has 0 aliphatic carbocycles. The molecule has 0 aliphatic rings. The van der Waals surface area contributed by atoms with E-state index in [-0.39, 0.29) is 12.4 Å². The van der Waals surface area contributed by atoms with Crippen LogP contribution in [0.1, 0.15) is 5.69 Å². The minimum Gasteiger partial charge on any atom is -0.465 e. The Labute approximate surface area is 150 Å². The number of halogens is 1. The molecule has 2 N–H and O–H groups in total. The number of hydrogen-bond donors (Lipinski definition) is 2. The number of carboxylic acid groups (broad SMARTS) is 1. The van der Waals surface area contributed by atoms with Crippen LogP contribution < -0.4 is 10.2 Å². The fourth-order valence-corrected chi connectivity index (χ4v) is 2.98. The first-order valence-electron chi connectivity index (χ1n) is 8.15. The summed E-state index contributed by atoms with van der Waals surface area (Å²) < 4.78 is 13.9. The molecule has 0 radical (unpaired) electrons. The SMILES string of the molecule is CN(C)c1c(-c2ccccn2)c(CCNC(=O)O)nc2ccc(F)cc12. The van der Waals surface area contributed by atoms with Crippen molar-refractivity contribution in [1.29, 1.82) is 0 Å². The highest BCUT2D eigenvalue weighted by molar-refractivity contribution is 6.00. The minimum absolute atomic E-state index is 0.224. The lowest BCUT2D eigenvalue weighted by Crippen LogP contribution is -2.24. The number of nitrogens with one attached hydrogen (secondary N) is 1. The van der Waals surface area contributed by atoms with Crippen LogP contribution in [0.25, 0.3) is 22.2 Å². The lowest BCUT2D eigenvalue weighted by atomic mass is 9.99. The smallest absolute Gasteiger partial charge is 0.404 e. The summed E-state index contributed by atoms with van der Waals surface area (Å²) in [6.45, 7) is 0.224. The average Bonchev–Trinajstić information content (AvgIpc) is 2.61. The van der Waals surface area contributed by atoms with Gasteiger partial charge in [0.25, 0.3) is 0 Å². The zero-order valence-electron chi connectivity index (χ0n) is 14.5. The predicted octanol–water partition coefficient (Wildman–Crippen LogP) is 3.31. The second-order valence-corrected chi connectivity index (χ2v) is 6.03. The van der Waals surface area contributed by atoms with Crippen LogP contribution in [0.4, 0.5) is 14.9 Å².